The summed E-state index contributed by atoms with van der Waals surface area (Å²) in [6, 6.07) is 7.91. The van der Waals surface area contributed by atoms with Crippen LogP contribution in [0.4, 0.5) is 5.95 Å². The summed E-state index contributed by atoms with van der Waals surface area (Å²) in [4.78, 5) is 15.8. The first kappa shape index (κ1) is 14.1. The molecule has 1 aromatic heterocycles. The van der Waals surface area contributed by atoms with E-state index in [9.17, 15) is 4.79 Å². The van der Waals surface area contributed by atoms with Gasteiger partial charge in [0, 0.05) is 25.9 Å². The minimum Gasteiger partial charge on any atom is -0.497 e. The maximum Gasteiger partial charge on any atom is 0.226 e. The molecule has 0 spiro atoms. The number of carbonyl (C=O) groups is 1. The van der Waals surface area contributed by atoms with Gasteiger partial charge in [0.2, 0.25) is 11.9 Å². The zero-order chi connectivity index (χ0) is 14.4. The normalized spacial score (nSPS) is 10.3. The molecule has 5 heteroatoms. The Kier molecular flexibility index (Phi) is 4.76. The molecule has 2 rings (SSSR count). The molecule has 0 aliphatic rings. The predicted octanol–water partition coefficient (Wildman–Crippen LogP) is 2.39. The van der Waals surface area contributed by atoms with Crippen molar-refractivity contribution in [2.24, 2.45) is 7.05 Å². The third-order valence-corrected chi connectivity index (χ3v) is 3.10. The molecule has 5 nitrogen and oxygen atoms in total. The van der Waals surface area contributed by atoms with Crippen molar-refractivity contribution in [3.63, 3.8) is 0 Å². The molecule has 0 fully saturated rings. The maximum atomic E-state index is 11.8. The van der Waals surface area contributed by atoms with Crippen LogP contribution >= 0.6 is 0 Å². The molecule has 0 saturated heterocycles. The van der Waals surface area contributed by atoms with Crippen molar-refractivity contribution in [1.29, 1.82) is 0 Å². The Morgan fingerprint density at radius 3 is 2.70 bits per heavy atom. The van der Waals surface area contributed by atoms with Crippen molar-refractivity contribution >= 4 is 11.9 Å². The van der Waals surface area contributed by atoms with Gasteiger partial charge in [0.25, 0.3) is 0 Å². The number of amides is 1. The van der Waals surface area contributed by atoms with Gasteiger partial charge in [-0.15, -0.1) is 0 Å². The number of nitrogens with one attached hydrogen (secondary N) is 1. The van der Waals surface area contributed by atoms with Crippen LogP contribution in [0.3, 0.4) is 0 Å². The number of rotatable bonds is 6. The monoisotopic (exact) mass is 273 g/mol. The molecule has 0 aliphatic carbocycles. The molecule has 1 aromatic carbocycles. The van der Waals surface area contributed by atoms with Gasteiger partial charge in [-0.1, -0.05) is 12.1 Å². The SMILES string of the molecule is COc1ccc(CCCC(=O)Nc2nccn2C)cc1. The Morgan fingerprint density at radius 1 is 1.35 bits per heavy atom. The van der Waals surface area contributed by atoms with E-state index in [2.05, 4.69) is 10.3 Å². The molecule has 0 saturated carbocycles. The van der Waals surface area contributed by atoms with Gasteiger partial charge in [-0.2, -0.15) is 0 Å². The lowest BCUT2D eigenvalue weighted by molar-refractivity contribution is -0.116. The Morgan fingerprint density at radius 2 is 2.10 bits per heavy atom. The first-order valence-corrected chi connectivity index (χ1v) is 6.59. The van der Waals surface area contributed by atoms with Crippen molar-refractivity contribution in [3.8, 4) is 5.75 Å². The highest BCUT2D eigenvalue weighted by Gasteiger charge is 2.05. The molecule has 0 unspecified atom stereocenters. The van der Waals surface area contributed by atoms with Gasteiger partial charge in [-0.05, 0) is 30.5 Å². The average Bonchev–Trinajstić information content (AvgIpc) is 2.85. The van der Waals surface area contributed by atoms with Crippen LogP contribution in [0, 0.1) is 0 Å². The molecule has 1 amide bonds. The summed E-state index contributed by atoms with van der Waals surface area (Å²) in [5.41, 5.74) is 1.20. The number of hydrogen-bond acceptors (Lipinski definition) is 3. The summed E-state index contributed by atoms with van der Waals surface area (Å²) in [6.07, 6.45) is 5.62. The zero-order valence-electron chi connectivity index (χ0n) is 11.8. The number of anilines is 1. The van der Waals surface area contributed by atoms with E-state index >= 15 is 0 Å². The van der Waals surface area contributed by atoms with Crippen molar-refractivity contribution in [2.75, 3.05) is 12.4 Å². The first-order chi connectivity index (χ1) is 9.69. The van der Waals surface area contributed by atoms with Gasteiger partial charge >= 0.3 is 0 Å². The Bertz CT molecular complexity index is 561. The fourth-order valence-corrected chi connectivity index (χ4v) is 1.92. The molecule has 0 radical (unpaired) electrons. The van der Waals surface area contributed by atoms with Crippen LogP contribution in [0.15, 0.2) is 36.7 Å². The smallest absolute Gasteiger partial charge is 0.226 e. The molecule has 1 heterocycles. The van der Waals surface area contributed by atoms with Gasteiger partial charge in [0.05, 0.1) is 7.11 Å². The Hall–Kier alpha value is -2.30. The largest absolute Gasteiger partial charge is 0.497 e. The first-order valence-electron chi connectivity index (χ1n) is 6.59. The van der Waals surface area contributed by atoms with Crippen LogP contribution in [0.2, 0.25) is 0 Å². The second-order valence-corrected chi connectivity index (χ2v) is 4.61. The Labute approximate surface area is 118 Å². The van der Waals surface area contributed by atoms with Crippen molar-refractivity contribution in [1.82, 2.24) is 9.55 Å². The van der Waals surface area contributed by atoms with E-state index in [1.165, 1.54) is 5.56 Å². The van der Waals surface area contributed by atoms with E-state index in [0.29, 0.717) is 12.4 Å². The van der Waals surface area contributed by atoms with Crippen LogP contribution in [-0.4, -0.2) is 22.6 Å². The van der Waals surface area contributed by atoms with Crippen LogP contribution in [0.5, 0.6) is 5.75 Å². The lowest BCUT2D eigenvalue weighted by atomic mass is 10.1. The molecular formula is C15H19N3O2. The fraction of sp³-hybridized carbons (Fsp3) is 0.333. The number of aromatic nitrogens is 2. The third kappa shape index (κ3) is 3.85. The highest BCUT2D eigenvalue weighted by molar-refractivity contribution is 5.88. The highest BCUT2D eigenvalue weighted by Crippen LogP contribution is 2.13. The van der Waals surface area contributed by atoms with Crippen LogP contribution in [0.1, 0.15) is 18.4 Å². The van der Waals surface area contributed by atoms with Crippen molar-refractivity contribution in [3.05, 3.63) is 42.2 Å². The van der Waals surface area contributed by atoms with Gasteiger partial charge in [0.1, 0.15) is 5.75 Å². The van der Waals surface area contributed by atoms with E-state index in [-0.39, 0.29) is 5.91 Å². The maximum absolute atomic E-state index is 11.8. The van der Waals surface area contributed by atoms with E-state index in [4.69, 9.17) is 4.74 Å². The minimum atomic E-state index is -0.00666. The number of hydrogen-bond donors (Lipinski definition) is 1. The van der Waals surface area contributed by atoms with Gasteiger partial charge in [-0.25, -0.2) is 4.98 Å². The van der Waals surface area contributed by atoms with Crippen LogP contribution in [-0.2, 0) is 18.3 Å². The number of carbonyl (C=O) groups excluding carboxylic acids is 1. The number of nitrogens with zero attached hydrogens (tertiary/aromatic N) is 2. The topological polar surface area (TPSA) is 56.1 Å². The number of aryl methyl sites for hydroxylation is 2. The molecule has 0 aliphatic heterocycles. The standard InChI is InChI=1S/C15H19N3O2/c1-18-11-10-16-15(18)17-14(19)5-3-4-12-6-8-13(20-2)9-7-12/h6-11H,3-5H2,1-2H3,(H,16,17,19). The summed E-state index contributed by atoms with van der Waals surface area (Å²) in [5, 5.41) is 2.79. The molecule has 106 valence electrons. The minimum absolute atomic E-state index is 0.00666. The molecule has 1 N–H and O–H groups in total. The van der Waals surface area contributed by atoms with Crippen molar-refractivity contribution in [2.45, 2.75) is 19.3 Å². The van der Waals surface area contributed by atoms with E-state index in [0.717, 1.165) is 18.6 Å². The molecule has 0 bridgehead atoms. The van der Waals surface area contributed by atoms with E-state index in [1.54, 1.807) is 24.1 Å². The summed E-state index contributed by atoms with van der Waals surface area (Å²) in [5.74, 6) is 1.42. The van der Waals surface area contributed by atoms with E-state index < -0.39 is 0 Å². The van der Waals surface area contributed by atoms with Gasteiger partial charge in [0.15, 0.2) is 0 Å². The summed E-state index contributed by atoms with van der Waals surface area (Å²) in [7, 11) is 3.50. The van der Waals surface area contributed by atoms with E-state index in [1.807, 2.05) is 31.3 Å². The molecule has 2 aromatic rings. The highest BCUT2D eigenvalue weighted by atomic mass is 16.5. The molecular weight excluding hydrogens is 254 g/mol. The number of imidazole rings is 1. The zero-order valence-corrected chi connectivity index (χ0v) is 11.8. The quantitative estimate of drug-likeness (QED) is 0.879. The summed E-state index contributed by atoms with van der Waals surface area (Å²) < 4.78 is 6.89. The summed E-state index contributed by atoms with van der Waals surface area (Å²) in [6.45, 7) is 0. The summed E-state index contributed by atoms with van der Waals surface area (Å²) >= 11 is 0. The van der Waals surface area contributed by atoms with Gasteiger partial charge < -0.3 is 9.30 Å². The van der Waals surface area contributed by atoms with Crippen LogP contribution < -0.4 is 10.1 Å². The number of benzene rings is 1. The second kappa shape index (κ2) is 6.75. The van der Waals surface area contributed by atoms with Crippen molar-refractivity contribution < 1.29 is 9.53 Å². The fourth-order valence-electron chi connectivity index (χ4n) is 1.92. The molecule has 20 heavy (non-hydrogen) atoms. The molecule has 0 atom stereocenters. The van der Waals surface area contributed by atoms with Gasteiger partial charge in [-0.3, -0.25) is 10.1 Å². The lowest BCUT2D eigenvalue weighted by Gasteiger charge is -2.05. The number of methoxy groups -OCH3 is 1. The number of ether oxygens (including phenoxy) is 1. The second-order valence-electron chi connectivity index (χ2n) is 4.61. The average molecular weight is 273 g/mol. The lowest BCUT2D eigenvalue weighted by Crippen LogP contribution is -2.14. The van der Waals surface area contributed by atoms with Crippen LogP contribution in [0.25, 0.3) is 0 Å². The Balaban J connectivity index is 1.75. The predicted molar refractivity (Wildman–Crippen MR) is 77.8 cm³/mol. The third-order valence-electron chi connectivity index (χ3n) is 3.10.